The predicted octanol–water partition coefficient (Wildman–Crippen LogP) is 1.58. The van der Waals surface area contributed by atoms with E-state index in [-0.39, 0.29) is 11.5 Å². The van der Waals surface area contributed by atoms with Crippen molar-refractivity contribution in [2.45, 2.75) is 20.0 Å². The van der Waals surface area contributed by atoms with Gasteiger partial charge in [0.25, 0.3) is 11.5 Å². The van der Waals surface area contributed by atoms with Crippen LogP contribution in [0.1, 0.15) is 22.8 Å². The monoisotopic (exact) mass is 362 g/mol. The Hall–Kier alpha value is -3.68. The maximum atomic E-state index is 12.7. The molecule has 0 atom stereocenters. The van der Waals surface area contributed by atoms with E-state index in [0.29, 0.717) is 40.9 Å². The molecule has 0 spiro atoms. The second-order valence-corrected chi connectivity index (χ2v) is 6.15. The maximum absolute atomic E-state index is 12.7. The van der Waals surface area contributed by atoms with Crippen molar-refractivity contribution >= 4 is 28.1 Å². The number of anilines is 1. The van der Waals surface area contributed by atoms with Crippen molar-refractivity contribution in [1.82, 2.24) is 24.5 Å². The van der Waals surface area contributed by atoms with Crippen molar-refractivity contribution in [1.29, 1.82) is 0 Å². The topological polar surface area (TPSA) is 107 Å². The minimum absolute atomic E-state index is 0.158. The molecule has 4 aromatic rings. The second-order valence-electron chi connectivity index (χ2n) is 6.15. The summed E-state index contributed by atoms with van der Waals surface area (Å²) in [6, 6.07) is 8.68. The lowest BCUT2D eigenvalue weighted by Gasteiger charge is -2.13. The zero-order chi connectivity index (χ0) is 19.0. The number of amides is 1. The summed E-state index contributed by atoms with van der Waals surface area (Å²) in [6.07, 6.45) is 4.93. The number of nitrogens with zero attached hydrogens (tertiary/aromatic N) is 4. The van der Waals surface area contributed by atoms with Crippen LogP contribution < -0.4 is 16.6 Å². The molecule has 3 aromatic heterocycles. The van der Waals surface area contributed by atoms with Crippen LogP contribution in [0.25, 0.3) is 16.6 Å². The fourth-order valence-electron chi connectivity index (χ4n) is 3.17. The number of hydrogen-bond acceptors (Lipinski definition) is 5. The largest absolute Gasteiger partial charge is 0.398 e. The highest BCUT2D eigenvalue weighted by atomic mass is 16.1. The summed E-state index contributed by atoms with van der Waals surface area (Å²) >= 11 is 0. The van der Waals surface area contributed by atoms with Gasteiger partial charge in [-0.25, -0.2) is 4.52 Å². The number of aromatic nitrogens is 4. The molecular formula is C19H18N6O2. The molecule has 8 nitrogen and oxygen atoms in total. The van der Waals surface area contributed by atoms with Crippen molar-refractivity contribution in [3.63, 3.8) is 0 Å². The van der Waals surface area contributed by atoms with E-state index in [0.717, 1.165) is 5.56 Å². The zero-order valence-corrected chi connectivity index (χ0v) is 14.7. The first-order chi connectivity index (χ1) is 13.1. The molecule has 27 heavy (non-hydrogen) atoms. The van der Waals surface area contributed by atoms with Gasteiger partial charge in [-0.1, -0.05) is 6.07 Å². The molecule has 1 amide bonds. The zero-order valence-electron chi connectivity index (χ0n) is 14.7. The number of benzene rings is 1. The Labute approximate surface area is 154 Å². The molecule has 0 aliphatic heterocycles. The fraction of sp³-hybridized carbons (Fsp3) is 0.158. The highest BCUT2D eigenvalue weighted by Gasteiger charge is 2.16. The molecule has 0 saturated carbocycles. The number of nitrogen functional groups attached to an aromatic ring is 1. The molecule has 3 N–H and O–H groups in total. The van der Waals surface area contributed by atoms with Gasteiger partial charge >= 0.3 is 0 Å². The summed E-state index contributed by atoms with van der Waals surface area (Å²) in [5.41, 5.74) is 9.27. The standard InChI is InChI=1S/C19H18N6O2/c1-2-24-16-8-13(18(26)22-11-12-4-3-6-21-10-12)14(20)9-17(16)25-15(19(24)27)5-7-23-25/h3-10H,2,11,20H2,1H3,(H,22,26). The first-order valence-electron chi connectivity index (χ1n) is 8.57. The maximum Gasteiger partial charge on any atom is 0.277 e. The number of nitrogens with one attached hydrogen (secondary N) is 1. The van der Waals surface area contributed by atoms with E-state index in [1.54, 1.807) is 51.9 Å². The van der Waals surface area contributed by atoms with Crippen LogP contribution in [0.4, 0.5) is 5.69 Å². The average molecular weight is 362 g/mol. The third-order valence-electron chi connectivity index (χ3n) is 4.51. The van der Waals surface area contributed by atoms with Gasteiger partial charge in [0, 0.05) is 31.2 Å². The van der Waals surface area contributed by atoms with E-state index in [2.05, 4.69) is 15.4 Å². The Morgan fingerprint density at radius 2 is 2.04 bits per heavy atom. The summed E-state index contributed by atoms with van der Waals surface area (Å²) in [7, 11) is 0. The van der Waals surface area contributed by atoms with E-state index in [4.69, 9.17) is 5.73 Å². The van der Waals surface area contributed by atoms with Crippen LogP contribution in [0, 0.1) is 0 Å². The van der Waals surface area contributed by atoms with Crippen molar-refractivity contribution < 1.29 is 4.79 Å². The molecule has 0 fully saturated rings. The Balaban J connectivity index is 1.80. The fourth-order valence-corrected chi connectivity index (χ4v) is 3.17. The second kappa shape index (κ2) is 6.56. The highest BCUT2D eigenvalue weighted by Crippen LogP contribution is 2.22. The van der Waals surface area contributed by atoms with E-state index in [1.807, 2.05) is 13.0 Å². The summed E-state index contributed by atoms with van der Waals surface area (Å²) in [6.45, 7) is 2.69. The van der Waals surface area contributed by atoms with E-state index in [1.165, 1.54) is 0 Å². The van der Waals surface area contributed by atoms with Crippen LogP contribution in [-0.4, -0.2) is 25.1 Å². The third-order valence-corrected chi connectivity index (χ3v) is 4.51. The van der Waals surface area contributed by atoms with Gasteiger partial charge in [0.05, 0.1) is 22.8 Å². The van der Waals surface area contributed by atoms with Crippen molar-refractivity contribution in [3.8, 4) is 0 Å². The first kappa shape index (κ1) is 16.8. The van der Waals surface area contributed by atoms with Gasteiger partial charge in [0.15, 0.2) is 0 Å². The van der Waals surface area contributed by atoms with Gasteiger partial charge in [-0.3, -0.25) is 14.6 Å². The quantitative estimate of drug-likeness (QED) is 0.536. The Kier molecular flexibility index (Phi) is 4.08. The molecule has 0 saturated heterocycles. The number of fused-ring (bicyclic) bond motifs is 3. The minimum atomic E-state index is -0.311. The van der Waals surface area contributed by atoms with E-state index >= 15 is 0 Å². The molecule has 3 heterocycles. The van der Waals surface area contributed by atoms with Crippen molar-refractivity contribution in [2.24, 2.45) is 0 Å². The first-order valence-corrected chi connectivity index (χ1v) is 8.57. The van der Waals surface area contributed by atoms with Crippen molar-refractivity contribution in [3.05, 3.63) is 70.4 Å². The average Bonchev–Trinajstić information content (AvgIpc) is 3.18. The van der Waals surface area contributed by atoms with E-state index < -0.39 is 0 Å². The predicted molar refractivity (Wildman–Crippen MR) is 102 cm³/mol. The molecule has 4 rings (SSSR count). The molecule has 136 valence electrons. The molecule has 0 aliphatic rings. The molecule has 1 aromatic carbocycles. The van der Waals surface area contributed by atoms with Crippen LogP contribution in [0.3, 0.4) is 0 Å². The van der Waals surface area contributed by atoms with E-state index in [9.17, 15) is 9.59 Å². The number of nitrogens with two attached hydrogens (primary N) is 1. The molecule has 8 heteroatoms. The minimum Gasteiger partial charge on any atom is -0.398 e. The van der Waals surface area contributed by atoms with Gasteiger partial charge in [0.2, 0.25) is 0 Å². The Morgan fingerprint density at radius 1 is 1.19 bits per heavy atom. The van der Waals surface area contributed by atoms with Gasteiger partial charge in [-0.05, 0) is 36.8 Å². The number of hydrogen-bond donors (Lipinski definition) is 2. The van der Waals surface area contributed by atoms with Crippen LogP contribution >= 0.6 is 0 Å². The van der Waals surface area contributed by atoms with Gasteiger partial charge in [-0.2, -0.15) is 5.10 Å². The molecule has 0 bridgehead atoms. The summed E-state index contributed by atoms with van der Waals surface area (Å²) < 4.78 is 3.17. The van der Waals surface area contributed by atoms with Crippen LogP contribution in [0.5, 0.6) is 0 Å². The number of aryl methyl sites for hydroxylation is 1. The van der Waals surface area contributed by atoms with Crippen LogP contribution in [-0.2, 0) is 13.1 Å². The summed E-state index contributed by atoms with van der Waals surface area (Å²) in [4.78, 5) is 29.4. The van der Waals surface area contributed by atoms with Crippen LogP contribution in [0.15, 0.2) is 53.7 Å². The summed E-state index contributed by atoms with van der Waals surface area (Å²) in [5.74, 6) is -0.311. The third kappa shape index (κ3) is 2.80. The molecule has 0 radical (unpaired) electrons. The van der Waals surface area contributed by atoms with Gasteiger partial charge < -0.3 is 15.6 Å². The lowest BCUT2D eigenvalue weighted by Crippen LogP contribution is -2.26. The van der Waals surface area contributed by atoms with Gasteiger partial charge in [0.1, 0.15) is 5.52 Å². The lowest BCUT2D eigenvalue weighted by atomic mass is 10.1. The number of rotatable bonds is 4. The molecule has 0 aliphatic carbocycles. The Morgan fingerprint density at radius 3 is 2.78 bits per heavy atom. The summed E-state index contributed by atoms with van der Waals surface area (Å²) in [5, 5.41) is 7.05. The SMILES string of the molecule is CCn1c(=O)c2ccnn2c2cc(N)c(C(=O)NCc3cccnc3)cc21. The van der Waals surface area contributed by atoms with Crippen LogP contribution in [0.2, 0.25) is 0 Å². The number of carbonyl (C=O) groups excluding carboxylic acids is 1. The number of pyridine rings is 1. The lowest BCUT2D eigenvalue weighted by molar-refractivity contribution is 0.0952. The smallest absolute Gasteiger partial charge is 0.277 e. The number of carbonyl (C=O) groups is 1. The van der Waals surface area contributed by atoms with Gasteiger partial charge in [-0.15, -0.1) is 0 Å². The van der Waals surface area contributed by atoms with Crippen molar-refractivity contribution in [2.75, 3.05) is 5.73 Å². The normalized spacial score (nSPS) is 11.1. The molecular weight excluding hydrogens is 344 g/mol. The molecule has 0 unspecified atom stereocenters. The Bertz CT molecular complexity index is 1210. The highest BCUT2D eigenvalue weighted by molar-refractivity contribution is 6.03.